The summed E-state index contributed by atoms with van der Waals surface area (Å²) in [4.78, 5) is 24.4. The lowest BCUT2D eigenvalue weighted by molar-refractivity contribution is -0.116. The first-order valence-corrected chi connectivity index (χ1v) is 8.78. The van der Waals surface area contributed by atoms with E-state index in [4.69, 9.17) is 5.73 Å². The summed E-state index contributed by atoms with van der Waals surface area (Å²) in [6, 6.07) is 5.37. The number of rotatable bonds is 6. The summed E-state index contributed by atoms with van der Waals surface area (Å²) < 4.78 is 0. The van der Waals surface area contributed by atoms with Gasteiger partial charge >= 0.3 is 0 Å². The Morgan fingerprint density at radius 3 is 2.46 bits per heavy atom. The minimum Gasteiger partial charge on any atom is -0.345 e. The molecule has 0 unspecified atom stereocenters. The second kappa shape index (κ2) is 7.79. The number of carbonyl (C=O) groups excluding carboxylic acids is 2. The van der Waals surface area contributed by atoms with Crippen molar-refractivity contribution in [1.82, 2.24) is 5.32 Å². The second-order valence-corrected chi connectivity index (χ2v) is 7.32. The second-order valence-electron chi connectivity index (χ2n) is 7.32. The van der Waals surface area contributed by atoms with Crippen LogP contribution in [-0.2, 0) is 4.79 Å². The van der Waals surface area contributed by atoms with Gasteiger partial charge in [0.05, 0.1) is 5.54 Å². The Labute approximate surface area is 144 Å². The average molecular weight is 331 g/mol. The van der Waals surface area contributed by atoms with E-state index in [0.29, 0.717) is 24.4 Å². The molecule has 0 aromatic heterocycles. The normalized spacial score (nSPS) is 16.2. The monoisotopic (exact) mass is 331 g/mol. The van der Waals surface area contributed by atoms with Gasteiger partial charge in [-0.05, 0) is 49.4 Å². The predicted molar refractivity (Wildman–Crippen MR) is 97.0 cm³/mol. The summed E-state index contributed by atoms with van der Waals surface area (Å²) in [5.74, 6) is 0.220. The van der Waals surface area contributed by atoms with Crippen LogP contribution < -0.4 is 16.4 Å². The summed E-state index contributed by atoms with van der Waals surface area (Å²) in [5, 5.41) is 6.03. The van der Waals surface area contributed by atoms with Crippen molar-refractivity contribution in [3.05, 3.63) is 29.3 Å². The molecule has 0 heterocycles. The molecule has 1 saturated carbocycles. The summed E-state index contributed by atoms with van der Waals surface area (Å²) in [6.07, 6.45) is 4.59. The quantitative estimate of drug-likeness (QED) is 0.749. The molecule has 1 aromatic rings. The lowest BCUT2D eigenvalue weighted by Crippen LogP contribution is -2.51. The highest BCUT2D eigenvalue weighted by molar-refractivity contribution is 5.97. The molecular formula is C19H29N3O2. The molecular weight excluding hydrogens is 302 g/mol. The molecule has 0 atom stereocenters. The first-order chi connectivity index (χ1) is 11.3. The molecule has 1 aliphatic rings. The maximum atomic E-state index is 12.5. The summed E-state index contributed by atoms with van der Waals surface area (Å²) in [6.45, 7) is 6.39. The van der Waals surface area contributed by atoms with Crippen molar-refractivity contribution < 1.29 is 9.59 Å². The van der Waals surface area contributed by atoms with Gasteiger partial charge in [-0.2, -0.15) is 0 Å². The van der Waals surface area contributed by atoms with Gasteiger partial charge in [-0.25, -0.2) is 0 Å². The maximum absolute atomic E-state index is 12.5. The minimum absolute atomic E-state index is 0.00154. The SMILES string of the molecule is Cc1cc(C(=O)NC2(CN)CCCC2)ccc1NC(=O)CC(C)C. The molecule has 1 aliphatic carbocycles. The van der Waals surface area contributed by atoms with Gasteiger partial charge in [0.25, 0.3) is 5.91 Å². The molecule has 0 aliphatic heterocycles. The third-order valence-corrected chi connectivity index (χ3v) is 4.69. The fraction of sp³-hybridized carbons (Fsp3) is 0.579. The fourth-order valence-electron chi connectivity index (χ4n) is 3.26. The van der Waals surface area contributed by atoms with E-state index in [1.807, 2.05) is 26.8 Å². The van der Waals surface area contributed by atoms with Crippen molar-refractivity contribution in [3.8, 4) is 0 Å². The predicted octanol–water partition coefficient (Wildman–Crippen LogP) is 2.98. The molecule has 1 aromatic carbocycles. The Balaban J connectivity index is 2.05. The molecule has 0 radical (unpaired) electrons. The summed E-state index contributed by atoms with van der Waals surface area (Å²) in [5.41, 5.74) is 7.87. The zero-order chi connectivity index (χ0) is 17.7. The molecule has 2 rings (SSSR count). The Morgan fingerprint density at radius 1 is 1.25 bits per heavy atom. The van der Waals surface area contributed by atoms with Crippen LogP contribution in [0.15, 0.2) is 18.2 Å². The molecule has 2 amide bonds. The highest BCUT2D eigenvalue weighted by Gasteiger charge is 2.34. The van der Waals surface area contributed by atoms with Crippen LogP contribution in [0.3, 0.4) is 0 Å². The van der Waals surface area contributed by atoms with Gasteiger partial charge in [0.1, 0.15) is 0 Å². The minimum atomic E-state index is -0.255. The van der Waals surface area contributed by atoms with Crippen LogP contribution in [0.25, 0.3) is 0 Å². The molecule has 5 nitrogen and oxygen atoms in total. The van der Waals surface area contributed by atoms with Crippen LogP contribution >= 0.6 is 0 Å². The van der Waals surface area contributed by atoms with Gasteiger partial charge < -0.3 is 16.4 Å². The number of carbonyl (C=O) groups is 2. The van der Waals surface area contributed by atoms with Gasteiger partial charge in [-0.1, -0.05) is 26.7 Å². The third kappa shape index (κ3) is 4.57. The fourth-order valence-corrected chi connectivity index (χ4v) is 3.26. The highest BCUT2D eigenvalue weighted by Crippen LogP contribution is 2.29. The first-order valence-electron chi connectivity index (χ1n) is 8.78. The van der Waals surface area contributed by atoms with E-state index in [-0.39, 0.29) is 17.4 Å². The molecule has 24 heavy (non-hydrogen) atoms. The average Bonchev–Trinajstić information content (AvgIpc) is 2.97. The van der Waals surface area contributed by atoms with Crippen LogP contribution in [0, 0.1) is 12.8 Å². The molecule has 0 bridgehead atoms. The lowest BCUT2D eigenvalue weighted by atomic mass is 9.97. The lowest BCUT2D eigenvalue weighted by Gasteiger charge is -2.28. The van der Waals surface area contributed by atoms with E-state index >= 15 is 0 Å². The molecule has 0 spiro atoms. The van der Waals surface area contributed by atoms with Crippen molar-refractivity contribution in [2.75, 3.05) is 11.9 Å². The topological polar surface area (TPSA) is 84.2 Å². The zero-order valence-corrected chi connectivity index (χ0v) is 14.9. The Hall–Kier alpha value is -1.88. The van der Waals surface area contributed by atoms with Crippen LogP contribution in [0.5, 0.6) is 0 Å². The van der Waals surface area contributed by atoms with Gasteiger partial charge in [0, 0.05) is 24.2 Å². The van der Waals surface area contributed by atoms with Crippen molar-refractivity contribution in [2.24, 2.45) is 11.7 Å². The number of nitrogens with one attached hydrogen (secondary N) is 2. The smallest absolute Gasteiger partial charge is 0.251 e. The van der Waals surface area contributed by atoms with Crippen LogP contribution in [0.4, 0.5) is 5.69 Å². The van der Waals surface area contributed by atoms with Crippen LogP contribution in [-0.4, -0.2) is 23.9 Å². The first kappa shape index (κ1) is 18.5. The Bertz CT molecular complexity index is 605. The van der Waals surface area contributed by atoms with Crippen molar-refractivity contribution in [3.63, 3.8) is 0 Å². The standard InChI is InChI=1S/C19H29N3O2/c1-13(2)10-17(23)21-16-7-6-15(11-14(16)3)18(24)22-19(12-20)8-4-5-9-19/h6-7,11,13H,4-5,8-10,12,20H2,1-3H3,(H,21,23)(H,22,24). The number of hydrogen-bond donors (Lipinski definition) is 3. The van der Waals surface area contributed by atoms with Gasteiger partial charge in [0.2, 0.25) is 5.91 Å². The Morgan fingerprint density at radius 2 is 1.92 bits per heavy atom. The van der Waals surface area contributed by atoms with Crippen molar-refractivity contribution in [2.45, 2.75) is 58.4 Å². The molecule has 0 saturated heterocycles. The number of benzene rings is 1. The molecule has 5 heteroatoms. The molecule has 4 N–H and O–H groups in total. The molecule has 1 fully saturated rings. The van der Waals surface area contributed by atoms with Gasteiger partial charge in [-0.15, -0.1) is 0 Å². The van der Waals surface area contributed by atoms with E-state index in [9.17, 15) is 9.59 Å². The number of nitrogens with two attached hydrogens (primary N) is 1. The third-order valence-electron chi connectivity index (χ3n) is 4.69. The number of hydrogen-bond acceptors (Lipinski definition) is 3. The Kier molecular flexibility index (Phi) is 5.99. The van der Waals surface area contributed by atoms with E-state index < -0.39 is 0 Å². The van der Waals surface area contributed by atoms with Gasteiger partial charge in [-0.3, -0.25) is 9.59 Å². The van der Waals surface area contributed by atoms with E-state index in [1.54, 1.807) is 12.1 Å². The maximum Gasteiger partial charge on any atom is 0.251 e. The number of aryl methyl sites for hydroxylation is 1. The number of amides is 2. The number of anilines is 1. The van der Waals surface area contributed by atoms with E-state index in [0.717, 1.165) is 36.9 Å². The largest absolute Gasteiger partial charge is 0.345 e. The van der Waals surface area contributed by atoms with Crippen molar-refractivity contribution >= 4 is 17.5 Å². The van der Waals surface area contributed by atoms with Gasteiger partial charge in [0.15, 0.2) is 0 Å². The zero-order valence-electron chi connectivity index (χ0n) is 14.9. The summed E-state index contributed by atoms with van der Waals surface area (Å²) in [7, 11) is 0. The van der Waals surface area contributed by atoms with Crippen LogP contribution in [0.2, 0.25) is 0 Å². The summed E-state index contributed by atoms with van der Waals surface area (Å²) >= 11 is 0. The van der Waals surface area contributed by atoms with E-state index in [2.05, 4.69) is 10.6 Å². The molecule has 132 valence electrons. The van der Waals surface area contributed by atoms with E-state index in [1.165, 1.54) is 0 Å². The van der Waals surface area contributed by atoms with Crippen molar-refractivity contribution in [1.29, 1.82) is 0 Å². The van der Waals surface area contributed by atoms with Crippen LogP contribution in [0.1, 0.15) is 61.9 Å². The highest BCUT2D eigenvalue weighted by atomic mass is 16.2.